The molecule has 1 aliphatic rings. The first kappa shape index (κ1) is 19.6. The van der Waals surface area contributed by atoms with Gasteiger partial charge in [-0.05, 0) is 56.4 Å². The monoisotopic (exact) mass is 411 g/mol. The third-order valence-electron chi connectivity index (χ3n) is 5.84. The molecule has 0 atom stereocenters. The summed E-state index contributed by atoms with van der Waals surface area (Å²) in [6.07, 6.45) is 3.08. The van der Waals surface area contributed by atoms with Gasteiger partial charge < -0.3 is 15.0 Å². The number of aromatic amines is 1. The second-order valence-electron chi connectivity index (χ2n) is 7.65. The van der Waals surface area contributed by atoms with E-state index in [0.717, 1.165) is 58.6 Å². The highest BCUT2D eigenvalue weighted by atomic mass is 32.1. The van der Waals surface area contributed by atoms with Gasteiger partial charge in [0.15, 0.2) is 0 Å². The molecule has 6 nitrogen and oxygen atoms in total. The highest BCUT2D eigenvalue weighted by Crippen LogP contribution is 2.34. The van der Waals surface area contributed by atoms with E-state index in [2.05, 4.69) is 22.9 Å². The van der Waals surface area contributed by atoms with E-state index in [1.54, 1.807) is 7.11 Å². The predicted molar refractivity (Wildman–Crippen MR) is 117 cm³/mol. The van der Waals surface area contributed by atoms with E-state index >= 15 is 0 Å². The number of imidazole rings is 1. The van der Waals surface area contributed by atoms with Crippen LogP contribution >= 0.6 is 12.6 Å². The molecule has 0 aliphatic heterocycles. The van der Waals surface area contributed by atoms with Crippen LogP contribution in [0, 0.1) is 12.8 Å². The molecular weight excluding hydrogens is 386 g/mol. The van der Waals surface area contributed by atoms with E-state index in [4.69, 9.17) is 4.74 Å². The summed E-state index contributed by atoms with van der Waals surface area (Å²) in [5, 5.41) is 3.01. The second-order valence-corrected chi connectivity index (χ2v) is 8.13. The van der Waals surface area contributed by atoms with Crippen LogP contribution in [0.4, 0.5) is 5.69 Å². The molecule has 0 spiro atoms. The number of carbonyl (C=O) groups excluding carboxylic acids is 1. The first-order valence-corrected chi connectivity index (χ1v) is 10.3. The number of carbonyl (C=O) groups is 1. The van der Waals surface area contributed by atoms with E-state index in [9.17, 15) is 9.59 Å². The third-order valence-corrected chi connectivity index (χ3v) is 6.21. The summed E-state index contributed by atoms with van der Waals surface area (Å²) >= 11 is 4.44. The lowest BCUT2D eigenvalue weighted by Crippen LogP contribution is -2.31. The van der Waals surface area contributed by atoms with E-state index in [0.29, 0.717) is 0 Å². The van der Waals surface area contributed by atoms with Gasteiger partial charge in [-0.25, -0.2) is 4.79 Å². The van der Waals surface area contributed by atoms with E-state index in [1.165, 1.54) is 0 Å². The standard InChI is InChI=1S/C22H25N3O3S/c1-13-6-9-15(12-18(13)28-2)23-21(26)14-7-10-16(11-8-14)25-17-4-3-5-19(29)20(17)24-22(25)27/h3-6,9,12,14,16,29H,7-8,10-11H2,1-2H3,(H,23,26)(H,24,27). The zero-order valence-electron chi connectivity index (χ0n) is 16.6. The summed E-state index contributed by atoms with van der Waals surface area (Å²) in [6, 6.07) is 11.5. The molecule has 1 heterocycles. The largest absolute Gasteiger partial charge is 0.496 e. The second kappa shape index (κ2) is 7.99. The molecule has 1 saturated carbocycles. The van der Waals surface area contributed by atoms with Gasteiger partial charge in [-0.2, -0.15) is 0 Å². The Kier molecular flexibility index (Phi) is 5.41. The molecule has 0 bridgehead atoms. The van der Waals surface area contributed by atoms with Gasteiger partial charge in [-0.15, -0.1) is 12.6 Å². The summed E-state index contributed by atoms with van der Waals surface area (Å²) in [5.74, 6) is 0.729. The predicted octanol–water partition coefficient (Wildman–Crippen LogP) is 4.31. The van der Waals surface area contributed by atoms with Crippen LogP contribution in [-0.2, 0) is 4.79 Å². The third kappa shape index (κ3) is 3.79. The van der Waals surface area contributed by atoms with Crippen molar-refractivity contribution in [1.29, 1.82) is 0 Å². The fraction of sp³-hybridized carbons (Fsp3) is 0.364. The Morgan fingerprint density at radius 2 is 1.97 bits per heavy atom. The molecule has 152 valence electrons. The Bertz CT molecular complexity index is 1110. The van der Waals surface area contributed by atoms with Crippen LogP contribution in [0.15, 0.2) is 46.1 Å². The molecule has 0 unspecified atom stereocenters. The van der Waals surface area contributed by atoms with Crippen molar-refractivity contribution in [3.8, 4) is 5.75 Å². The normalized spacial score (nSPS) is 19.3. The number of nitrogens with one attached hydrogen (secondary N) is 2. The number of methoxy groups -OCH3 is 1. The van der Waals surface area contributed by atoms with Gasteiger partial charge in [0.05, 0.1) is 18.1 Å². The van der Waals surface area contributed by atoms with Crippen molar-refractivity contribution in [3.63, 3.8) is 0 Å². The maximum atomic E-state index is 12.7. The summed E-state index contributed by atoms with van der Waals surface area (Å²) in [7, 11) is 1.62. The van der Waals surface area contributed by atoms with Crippen molar-refractivity contribution < 1.29 is 9.53 Å². The van der Waals surface area contributed by atoms with Crippen LogP contribution in [-0.4, -0.2) is 22.6 Å². The van der Waals surface area contributed by atoms with Crippen LogP contribution < -0.4 is 15.7 Å². The molecular formula is C22H25N3O3S. The summed E-state index contributed by atoms with van der Waals surface area (Å²) in [4.78, 5) is 28.9. The minimum absolute atomic E-state index is 0.0262. The number of H-pyrrole nitrogens is 1. The first-order chi connectivity index (χ1) is 14.0. The van der Waals surface area contributed by atoms with Crippen LogP contribution in [0.1, 0.15) is 37.3 Å². The number of hydrogen-bond acceptors (Lipinski definition) is 4. The minimum atomic E-state index is -0.110. The van der Waals surface area contributed by atoms with Crippen molar-refractivity contribution >= 4 is 35.3 Å². The highest BCUT2D eigenvalue weighted by molar-refractivity contribution is 7.80. The van der Waals surface area contributed by atoms with Crippen molar-refractivity contribution in [2.45, 2.75) is 43.5 Å². The van der Waals surface area contributed by atoms with Gasteiger partial charge in [0.1, 0.15) is 5.75 Å². The summed E-state index contributed by atoms with van der Waals surface area (Å²) < 4.78 is 7.16. The van der Waals surface area contributed by atoms with Crippen LogP contribution in [0.2, 0.25) is 0 Å². The van der Waals surface area contributed by atoms with Crippen LogP contribution in [0.25, 0.3) is 11.0 Å². The smallest absolute Gasteiger partial charge is 0.326 e. The van der Waals surface area contributed by atoms with E-state index < -0.39 is 0 Å². The molecule has 2 aromatic carbocycles. The number of anilines is 1. The molecule has 29 heavy (non-hydrogen) atoms. The van der Waals surface area contributed by atoms with Crippen LogP contribution in [0.5, 0.6) is 5.75 Å². The Balaban J connectivity index is 1.45. The molecule has 1 amide bonds. The number of nitrogens with zero attached hydrogens (tertiary/aromatic N) is 1. The fourth-order valence-corrected chi connectivity index (χ4v) is 4.49. The van der Waals surface area contributed by atoms with Crippen molar-refractivity contribution in [3.05, 3.63) is 52.4 Å². The zero-order valence-corrected chi connectivity index (χ0v) is 17.5. The zero-order chi connectivity index (χ0) is 20.5. The highest BCUT2D eigenvalue weighted by Gasteiger charge is 2.29. The molecule has 7 heteroatoms. The number of aryl methyl sites for hydroxylation is 1. The van der Waals surface area contributed by atoms with Crippen molar-refractivity contribution in [2.24, 2.45) is 5.92 Å². The molecule has 4 rings (SSSR count). The number of aromatic nitrogens is 2. The van der Waals surface area contributed by atoms with Gasteiger partial charge >= 0.3 is 5.69 Å². The van der Waals surface area contributed by atoms with Gasteiger partial charge in [0.2, 0.25) is 5.91 Å². The number of rotatable bonds is 4. The van der Waals surface area contributed by atoms with Crippen molar-refractivity contribution in [1.82, 2.24) is 9.55 Å². The van der Waals surface area contributed by atoms with Gasteiger partial charge in [-0.3, -0.25) is 9.36 Å². The minimum Gasteiger partial charge on any atom is -0.496 e. The topological polar surface area (TPSA) is 76.1 Å². The van der Waals surface area contributed by atoms with Gasteiger partial charge in [0, 0.05) is 28.6 Å². The summed E-state index contributed by atoms with van der Waals surface area (Å²) in [6.45, 7) is 1.97. The maximum Gasteiger partial charge on any atom is 0.326 e. The Labute approximate surface area is 174 Å². The Hall–Kier alpha value is -2.67. The number of fused-ring (bicyclic) bond motifs is 1. The quantitative estimate of drug-likeness (QED) is 0.560. The summed E-state index contributed by atoms with van der Waals surface area (Å²) in [5.41, 5.74) is 3.31. The van der Waals surface area contributed by atoms with E-state index in [1.807, 2.05) is 47.9 Å². The number of amides is 1. The van der Waals surface area contributed by atoms with Crippen molar-refractivity contribution in [2.75, 3.05) is 12.4 Å². The lowest BCUT2D eigenvalue weighted by molar-refractivity contribution is -0.121. The number of ether oxygens (including phenoxy) is 1. The lowest BCUT2D eigenvalue weighted by Gasteiger charge is -2.28. The van der Waals surface area contributed by atoms with E-state index in [-0.39, 0.29) is 23.6 Å². The molecule has 3 aromatic rings. The van der Waals surface area contributed by atoms with Gasteiger partial charge in [-0.1, -0.05) is 12.1 Å². The number of thiol groups is 1. The first-order valence-electron chi connectivity index (χ1n) is 9.85. The molecule has 0 radical (unpaired) electrons. The number of para-hydroxylation sites is 1. The van der Waals surface area contributed by atoms with Crippen LogP contribution in [0.3, 0.4) is 0 Å². The fourth-order valence-electron chi connectivity index (χ4n) is 4.23. The number of hydrogen-bond donors (Lipinski definition) is 3. The molecule has 1 fully saturated rings. The Morgan fingerprint density at radius 3 is 2.69 bits per heavy atom. The molecule has 2 N–H and O–H groups in total. The molecule has 0 saturated heterocycles. The molecule has 1 aliphatic carbocycles. The Morgan fingerprint density at radius 1 is 1.21 bits per heavy atom. The molecule has 1 aromatic heterocycles. The lowest BCUT2D eigenvalue weighted by atomic mass is 9.85. The van der Waals surface area contributed by atoms with Gasteiger partial charge in [0.25, 0.3) is 0 Å². The average Bonchev–Trinajstić information content (AvgIpc) is 3.07. The SMILES string of the molecule is COc1cc(NC(=O)C2CCC(n3c(=O)[nH]c4c(S)cccc43)CC2)ccc1C. The average molecular weight is 412 g/mol. The maximum absolute atomic E-state index is 12.7. The number of benzene rings is 2.